The first-order chi connectivity index (χ1) is 8.03. The molecule has 5 heteroatoms. The van der Waals surface area contributed by atoms with Crippen molar-refractivity contribution in [2.24, 2.45) is 0 Å². The monoisotopic (exact) mass is 315 g/mol. The second kappa shape index (κ2) is 7.62. The summed E-state index contributed by atoms with van der Waals surface area (Å²) in [4.78, 5) is 2.24. The van der Waals surface area contributed by atoms with E-state index in [1.54, 1.807) is 0 Å². The van der Waals surface area contributed by atoms with Gasteiger partial charge in [-0.3, -0.25) is 4.90 Å². The Kier molecular flexibility index (Phi) is 6.85. The second-order valence-corrected chi connectivity index (χ2v) is 5.53. The molecule has 0 amide bonds. The smallest absolute Gasteiger partial charge is 0.300 e. The molecule has 17 heavy (non-hydrogen) atoms. The van der Waals surface area contributed by atoms with Crippen LogP contribution in [0.15, 0.2) is 0 Å². The van der Waals surface area contributed by atoms with Gasteiger partial charge in [-0.15, -0.1) is 0 Å². The molecule has 1 saturated carbocycles. The highest BCUT2D eigenvalue weighted by Gasteiger charge is 2.27. The molecule has 1 aliphatic rings. The van der Waals surface area contributed by atoms with E-state index in [4.69, 9.17) is 0 Å². The van der Waals surface area contributed by atoms with Gasteiger partial charge in [0.05, 0.1) is 0 Å². The maximum absolute atomic E-state index is 12.1. The number of nitrogens with zero attached hydrogens (tertiary/aromatic N) is 1. The van der Waals surface area contributed by atoms with Crippen LogP contribution in [-0.2, 0) is 0 Å². The van der Waals surface area contributed by atoms with E-state index in [0.29, 0.717) is 12.6 Å². The van der Waals surface area contributed by atoms with Crippen LogP contribution in [0.3, 0.4) is 0 Å². The van der Waals surface area contributed by atoms with Crippen molar-refractivity contribution in [2.45, 2.75) is 57.2 Å². The van der Waals surface area contributed by atoms with Gasteiger partial charge in [-0.05, 0) is 25.8 Å². The molecule has 1 nitrogen and oxygen atoms in total. The summed E-state index contributed by atoms with van der Waals surface area (Å²) < 4.78 is 36.3. The Morgan fingerprint density at radius 2 is 1.71 bits per heavy atom. The van der Waals surface area contributed by atoms with E-state index in [1.165, 1.54) is 19.3 Å². The molecule has 102 valence electrons. The van der Waals surface area contributed by atoms with Gasteiger partial charge < -0.3 is 0 Å². The molecular weight excluding hydrogens is 295 g/mol. The van der Waals surface area contributed by atoms with E-state index in [2.05, 4.69) is 20.8 Å². The summed E-state index contributed by atoms with van der Waals surface area (Å²) in [6.45, 7) is 1.44. The molecule has 0 heterocycles. The van der Waals surface area contributed by atoms with Crippen LogP contribution in [0.5, 0.6) is 0 Å². The van der Waals surface area contributed by atoms with Crippen LogP contribution in [0.1, 0.15) is 44.9 Å². The summed E-state index contributed by atoms with van der Waals surface area (Å²) >= 11 is 3.38. The lowest BCUT2D eigenvalue weighted by Gasteiger charge is -2.34. The van der Waals surface area contributed by atoms with Crippen molar-refractivity contribution in [3.05, 3.63) is 0 Å². The van der Waals surface area contributed by atoms with Gasteiger partial charge in [0.15, 0.2) is 0 Å². The predicted molar refractivity (Wildman–Crippen MR) is 67.5 cm³/mol. The molecule has 0 radical (unpaired) electrons. The van der Waals surface area contributed by atoms with Crippen molar-refractivity contribution < 1.29 is 13.2 Å². The molecule has 1 fully saturated rings. The van der Waals surface area contributed by atoms with Crippen LogP contribution >= 0.6 is 15.9 Å². The van der Waals surface area contributed by atoms with Gasteiger partial charge in [-0.1, -0.05) is 35.2 Å². The van der Waals surface area contributed by atoms with Crippen LogP contribution in [-0.4, -0.2) is 35.5 Å². The van der Waals surface area contributed by atoms with Gasteiger partial charge in [0.25, 0.3) is 0 Å². The Balaban J connectivity index is 2.31. The molecule has 0 saturated heterocycles. The van der Waals surface area contributed by atoms with Crippen molar-refractivity contribution in [1.82, 2.24) is 4.90 Å². The Hall–Kier alpha value is 0.230. The third-order valence-electron chi connectivity index (χ3n) is 3.37. The average Bonchev–Trinajstić information content (AvgIpc) is 2.27. The van der Waals surface area contributed by atoms with Crippen molar-refractivity contribution in [3.63, 3.8) is 0 Å². The van der Waals surface area contributed by atoms with E-state index in [-0.39, 0.29) is 6.42 Å². The zero-order chi connectivity index (χ0) is 12.7. The number of rotatable bonds is 6. The van der Waals surface area contributed by atoms with E-state index in [0.717, 1.165) is 24.7 Å². The van der Waals surface area contributed by atoms with Gasteiger partial charge in [0.1, 0.15) is 0 Å². The SMILES string of the molecule is FC(F)(F)CCCN(CCBr)C1CCCCC1. The van der Waals surface area contributed by atoms with Crippen molar-refractivity contribution in [2.75, 3.05) is 18.4 Å². The molecule has 1 rings (SSSR count). The lowest BCUT2D eigenvalue weighted by atomic mass is 9.94. The molecule has 0 aromatic heterocycles. The molecule has 0 N–H and O–H groups in total. The third kappa shape index (κ3) is 6.65. The van der Waals surface area contributed by atoms with Crippen molar-refractivity contribution >= 4 is 15.9 Å². The summed E-state index contributed by atoms with van der Waals surface area (Å²) in [5.74, 6) is 0. The Bertz CT molecular complexity index is 202. The highest BCUT2D eigenvalue weighted by molar-refractivity contribution is 9.09. The van der Waals surface area contributed by atoms with Gasteiger partial charge >= 0.3 is 6.18 Å². The summed E-state index contributed by atoms with van der Waals surface area (Å²) in [7, 11) is 0. The standard InChI is InChI=1S/C12H21BrF3N/c13-8-10-17(9-4-7-12(14,15)16)11-5-2-1-3-6-11/h11H,1-10H2. The second-order valence-electron chi connectivity index (χ2n) is 4.74. The third-order valence-corrected chi connectivity index (χ3v) is 3.72. The lowest BCUT2D eigenvalue weighted by molar-refractivity contribution is -0.136. The highest BCUT2D eigenvalue weighted by Crippen LogP contribution is 2.25. The number of halogens is 4. The molecular formula is C12H21BrF3N. The molecule has 0 atom stereocenters. The average molecular weight is 316 g/mol. The summed E-state index contributed by atoms with van der Waals surface area (Å²) in [6, 6.07) is 0.509. The Morgan fingerprint density at radius 3 is 2.24 bits per heavy atom. The fourth-order valence-corrected chi connectivity index (χ4v) is 2.97. The van der Waals surface area contributed by atoms with E-state index in [9.17, 15) is 13.2 Å². The van der Waals surface area contributed by atoms with Crippen LogP contribution in [0.25, 0.3) is 0 Å². The first-order valence-electron chi connectivity index (χ1n) is 6.39. The molecule has 0 aliphatic heterocycles. The minimum atomic E-state index is -4.01. The van der Waals surface area contributed by atoms with E-state index >= 15 is 0 Å². The van der Waals surface area contributed by atoms with Crippen LogP contribution in [0.2, 0.25) is 0 Å². The summed E-state index contributed by atoms with van der Waals surface area (Å²) in [6.07, 6.45) is 1.60. The topological polar surface area (TPSA) is 3.24 Å². The van der Waals surface area contributed by atoms with Crippen molar-refractivity contribution in [3.8, 4) is 0 Å². The van der Waals surface area contributed by atoms with Crippen molar-refractivity contribution in [1.29, 1.82) is 0 Å². The number of alkyl halides is 4. The molecule has 1 aliphatic carbocycles. The van der Waals surface area contributed by atoms with Crippen LogP contribution < -0.4 is 0 Å². The fourth-order valence-electron chi connectivity index (χ4n) is 2.51. The quantitative estimate of drug-likeness (QED) is 0.658. The van der Waals surface area contributed by atoms with Crippen LogP contribution in [0, 0.1) is 0 Å². The molecule has 0 aromatic rings. The summed E-state index contributed by atoms with van der Waals surface area (Å²) in [5.41, 5.74) is 0. The van der Waals surface area contributed by atoms with Gasteiger partial charge in [-0.2, -0.15) is 13.2 Å². The predicted octanol–water partition coefficient (Wildman–Crippen LogP) is 4.36. The fraction of sp³-hybridized carbons (Fsp3) is 1.00. The Morgan fingerprint density at radius 1 is 1.06 bits per heavy atom. The molecule has 0 aromatic carbocycles. The van der Waals surface area contributed by atoms with E-state index in [1.807, 2.05) is 0 Å². The molecule has 0 unspecified atom stereocenters. The normalized spacial score (nSPS) is 18.9. The lowest BCUT2D eigenvalue weighted by Crippen LogP contribution is -2.39. The van der Waals surface area contributed by atoms with Crippen LogP contribution in [0.4, 0.5) is 13.2 Å². The highest BCUT2D eigenvalue weighted by atomic mass is 79.9. The minimum absolute atomic E-state index is 0.229. The maximum atomic E-state index is 12.1. The number of hydrogen-bond acceptors (Lipinski definition) is 1. The largest absolute Gasteiger partial charge is 0.389 e. The van der Waals surface area contributed by atoms with Gasteiger partial charge in [-0.25, -0.2) is 0 Å². The zero-order valence-corrected chi connectivity index (χ0v) is 11.7. The summed E-state index contributed by atoms with van der Waals surface area (Å²) in [5, 5.41) is 0.843. The first-order valence-corrected chi connectivity index (χ1v) is 7.52. The molecule has 0 spiro atoms. The van der Waals surface area contributed by atoms with Gasteiger partial charge in [0.2, 0.25) is 0 Å². The Labute approximate surface area is 110 Å². The maximum Gasteiger partial charge on any atom is 0.389 e. The minimum Gasteiger partial charge on any atom is -0.300 e. The van der Waals surface area contributed by atoms with E-state index < -0.39 is 12.6 Å². The zero-order valence-electron chi connectivity index (χ0n) is 10.1. The first kappa shape index (κ1) is 15.3. The number of hydrogen-bond donors (Lipinski definition) is 0. The van der Waals surface area contributed by atoms with Gasteiger partial charge in [0, 0.05) is 24.3 Å². The molecule has 0 bridgehead atoms.